The summed E-state index contributed by atoms with van der Waals surface area (Å²) in [5.41, 5.74) is 1.25. The Labute approximate surface area is 159 Å². The van der Waals surface area contributed by atoms with Crippen molar-refractivity contribution in [3.8, 4) is 5.75 Å². The molecule has 1 aliphatic rings. The van der Waals surface area contributed by atoms with Crippen molar-refractivity contribution in [2.45, 2.75) is 0 Å². The average molecular weight is 374 g/mol. The van der Waals surface area contributed by atoms with Gasteiger partial charge in [-0.05, 0) is 36.4 Å². The second-order valence-corrected chi connectivity index (χ2v) is 6.69. The molecule has 0 aliphatic carbocycles. The molecule has 1 amide bonds. The molecule has 3 rings (SSSR count). The third kappa shape index (κ3) is 5.64. The predicted molar refractivity (Wildman–Crippen MR) is 105 cm³/mol. The molecule has 0 bridgehead atoms. The van der Waals surface area contributed by atoms with E-state index in [4.69, 9.17) is 16.3 Å². The summed E-state index contributed by atoms with van der Waals surface area (Å²) in [6.07, 6.45) is 0. The summed E-state index contributed by atoms with van der Waals surface area (Å²) >= 11 is 5.83. The second kappa shape index (κ2) is 9.46. The minimum atomic E-state index is 0.0397. The van der Waals surface area contributed by atoms with Gasteiger partial charge in [0.15, 0.2) is 0 Å². The van der Waals surface area contributed by atoms with E-state index in [1.807, 2.05) is 18.2 Å². The van der Waals surface area contributed by atoms with Crippen LogP contribution in [0.5, 0.6) is 5.75 Å². The molecule has 6 heteroatoms. The fourth-order valence-electron chi connectivity index (χ4n) is 2.95. The monoisotopic (exact) mass is 373 g/mol. The third-order valence-electron chi connectivity index (χ3n) is 4.37. The lowest BCUT2D eigenvalue weighted by Gasteiger charge is -2.35. The molecule has 1 N–H and O–H groups in total. The number of hydrogen-bond acceptors (Lipinski definition) is 4. The molecule has 1 saturated heterocycles. The van der Waals surface area contributed by atoms with Crippen molar-refractivity contribution in [2.24, 2.45) is 0 Å². The van der Waals surface area contributed by atoms with Gasteiger partial charge in [0.1, 0.15) is 12.4 Å². The average Bonchev–Trinajstić information content (AvgIpc) is 2.68. The molecule has 5 nitrogen and oxygen atoms in total. The Kier molecular flexibility index (Phi) is 6.75. The molecule has 26 heavy (non-hydrogen) atoms. The first-order chi connectivity index (χ1) is 12.7. The van der Waals surface area contributed by atoms with E-state index in [1.54, 1.807) is 12.1 Å². The fourth-order valence-corrected chi connectivity index (χ4v) is 3.08. The Hall–Kier alpha value is -2.24. The van der Waals surface area contributed by atoms with Gasteiger partial charge >= 0.3 is 0 Å². The molecule has 2 aromatic carbocycles. The molecule has 138 valence electrons. The number of hydrogen-bond donors (Lipinski definition) is 1. The first-order valence-corrected chi connectivity index (χ1v) is 9.26. The predicted octanol–water partition coefficient (Wildman–Crippen LogP) is 2.66. The number of amides is 1. The normalized spacial score (nSPS) is 14.9. The molecule has 0 unspecified atom stereocenters. The molecule has 0 radical (unpaired) electrons. The fraction of sp³-hybridized carbons (Fsp3) is 0.350. The van der Waals surface area contributed by atoms with Crippen molar-refractivity contribution in [1.82, 2.24) is 10.2 Å². The van der Waals surface area contributed by atoms with Gasteiger partial charge in [0.25, 0.3) is 0 Å². The topological polar surface area (TPSA) is 44.8 Å². The summed E-state index contributed by atoms with van der Waals surface area (Å²) in [6.45, 7) is 5.03. The van der Waals surface area contributed by atoms with Gasteiger partial charge in [-0.25, -0.2) is 0 Å². The molecule has 0 atom stereocenters. The Bertz CT molecular complexity index is 686. The number of carbonyl (C=O) groups is 1. The van der Waals surface area contributed by atoms with Crippen molar-refractivity contribution in [2.75, 3.05) is 50.8 Å². The van der Waals surface area contributed by atoms with Crippen molar-refractivity contribution >= 4 is 23.2 Å². The lowest BCUT2D eigenvalue weighted by Crippen LogP contribution is -2.49. The van der Waals surface area contributed by atoms with E-state index in [0.29, 0.717) is 24.7 Å². The van der Waals surface area contributed by atoms with Gasteiger partial charge in [0, 0.05) is 36.9 Å². The summed E-state index contributed by atoms with van der Waals surface area (Å²) in [5, 5.41) is 3.59. The smallest absolute Gasteiger partial charge is 0.234 e. The first kappa shape index (κ1) is 18.5. The standard InChI is InChI=1S/C20H24ClN3O2/c21-17-6-8-19(9-7-17)26-15-10-22-20(25)16-23-11-13-24(14-12-23)18-4-2-1-3-5-18/h1-9H,10-16H2,(H,22,25). The zero-order valence-corrected chi connectivity index (χ0v) is 15.5. The SMILES string of the molecule is O=C(CN1CCN(c2ccccc2)CC1)NCCOc1ccc(Cl)cc1. The number of anilines is 1. The van der Waals surface area contributed by atoms with Crippen molar-refractivity contribution in [3.63, 3.8) is 0 Å². The van der Waals surface area contributed by atoms with Crippen LogP contribution in [-0.4, -0.2) is 56.7 Å². The van der Waals surface area contributed by atoms with E-state index in [-0.39, 0.29) is 5.91 Å². The maximum absolute atomic E-state index is 12.1. The Balaban J connectivity index is 1.31. The summed E-state index contributed by atoms with van der Waals surface area (Å²) in [7, 11) is 0. The Morgan fingerprint density at radius 1 is 1.00 bits per heavy atom. The van der Waals surface area contributed by atoms with Crippen molar-refractivity contribution in [1.29, 1.82) is 0 Å². The number of rotatable bonds is 7. The number of carbonyl (C=O) groups excluding carboxylic acids is 1. The van der Waals surface area contributed by atoms with Crippen LogP contribution in [0.1, 0.15) is 0 Å². The molecule has 1 heterocycles. The van der Waals surface area contributed by atoms with Gasteiger partial charge in [-0.3, -0.25) is 9.69 Å². The van der Waals surface area contributed by atoms with Crippen LogP contribution in [-0.2, 0) is 4.79 Å². The minimum Gasteiger partial charge on any atom is -0.492 e. The molecule has 1 aliphatic heterocycles. The highest BCUT2D eigenvalue weighted by molar-refractivity contribution is 6.30. The summed E-state index contributed by atoms with van der Waals surface area (Å²) in [5.74, 6) is 0.790. The number of ether oxygens (including phenoxy) is 1. The largest absolute Gasteiger partial charge is 0.492 e. The Morgan fingerprint density at radius 3 is 2.38 bits per heavy atom. The van der Waals surface area contributed by atoms with E-state index in [0.717, 1.165) is 31.9 Å². The van der Waals surface area contributed by atoms with Crippen LogP contribution in [0.2, 0.25) is 5.02 Å². The van der Waals surface area contributed by atoms with Crippen molar-refractivity contribution < 1.29 is 9.53 Å². The number of nitrogens with zero attached hydrogens (tertiary/aromatic N) is 2. The molecule has 0 spiro atoms. The van der Waals surface area contributed by atoms with Gasteiger partial charge in [-0.2, -0.15) is 0 Å². The second-order valence-electron chi connectivity index (χ2n) is 6.25. The highest BCUT2D eigenvalue weighted by Crippen LogP contribution is 2.16. The highest BCUT2D eigenvalue weighted by atomic mass is 35.5. The van der Waals surface area contributed by atoms with Gasteiger partial charge < -0.3 is 15.0 Å². The van der Waals surface area contributed by atoms with E-state index >= 15 is 0 Å². The van der Waals surface area contributed by atoms with Crippen LogP contribution in [0, 0.1) is 0 Å². The first-order valence-electron chi connectivity index (χ1n) is 8.88. The maximum Gasteiger partial charge on any atom is 0.234 e. The third-order valence-corrected chi connectivity index (χ3v) is 4.62. The molecule has 1 fully saturated rings. The summed E-state index contributed by atoms with van der Waals surface area (Å²) < 4.78 is 5.57. The quantitative estimate of drug-likeness (QED) is 0.758. The van der Waals surface area contributed by atoms with Crippen LogP contribution >= 0.6 is 11.6 Å². The van der Waals surface area contributed by atoms with Crippen LogP contribution in [0.3, 0.4) is 0 Å². The lowest BCUT2D eigenvalue weighted by molar-refractivity contribution is -0.122. The summed E-state index contributed by atoms with van der Waals surface area (Å²) in [4.78, 5) is 16.6. The highest BCUT2D eigenvalue weighted by Gasteiger charge is 2.18. The van der Waals surface area contributed by atoms with E-state index < -0.39 is 0 Å². The van der Waals surface area contributed by atoms with E-state index in [1.165, 1.54) is 5.69 Å². The number of benzene rings is 2. The van der Waals surface area contributed by atoms with E-state index in [2.05, 4.69) is 39.4 Å². The molecule has 0 aromatic heterocycles. The lowest BCUT2D eigenvalue weighted by atomic mass is 10.2. The van der Waals surface area contributed by atoms with Gasteiger partial charge in [0.2, 0.25) is 5.91 Å². The number of nitrogens with one attached hydrogen (secondary N) is 1. The molecule has 0 saturated carbocycles. The zero-order chi connectivity index (χ0) is 18.2. The number of piperazine rings is 1. The van der Waals surface area contributed by atoms with Gasteiger partial charge in [-0.15, -0.1) is 0 Å². The number of para-hydroxylation sites is 1. The zero-order valence-electron chi connectivity index (χ0n) is 14.7. The van der Waals surface area contributed by atoms with Crippen LogP contribution in [0.4, 0.5) is 5.69 Å². The maximum atomic E-state index is 12.1. The Morgan fingerprint density at radius 2 is 1.69 bits per heavy atom. The van der Waals surface area contributed by atoms with Crippen molar-refractivity contribution in [3.05, 3.63) is 59.6 Å². The van der Waals surface area contributed by atoms with Crippen LogP contribution < -0.4 is 15.0 Å². The van der Waals surface area contributed by atoms with Gasteiger partial charge in [0.05, 0.1) is 13.1 Å². The molecule has 2 aromatic rings. The summed E-state index contributed by atoms with van der Waals surface area (Å²) in [6, 6.07) is 17.6. The minimum absolute atomic E-state index is 0.0397. The molecular weight excluding hydrogens is 350 g/mol. The van der Waals surface area contributed by atoms with E-state index in [9.17, 15) is 4.79 Å². The molecular formula is C20H24ClN3O2. The van der Waals surface area contributed by atoms with Crippen LogP contribution in [0.15, 0.2) is 54.6 Å². The van der Waals surface area contributed by atoms with Gasteiger partial charge in [-0.1, -0.05) is 29.8 Å². The number of halogens is 1. The van der Waals surface area contributed by atoms with Crippen LogP contribution in [0.25, 0.3) is 0 Å².